The molecule has 186 valence electrons. The Kier molecular flexibility index (Phi) is 9.56. The zero-order chi connectivity index (χ0) is 25.3. The quantitative estimate of drug-likeness (QED) is 0.219. The highest BCUT2D eigenvalue weighted by Crippen LogP contribution is 2.51. The first-order valence-electron chi connectivity index (χ1n) is 11.2. The Bertz CT molecular complexity index is 1170. The van der Waals surface area contributed by atoms with Gasteiger partial charge in [0.2, 0.25) is 0 Å². The Morgan fingerprint density at radius 2 is 1.60 bits per heavy atom. The van der Waals surface area contributed by atoms with Crippen LogP contribution in [-0.4, -0.2) is 36.7 Å². The first-order valence-corrected chi connectivity index (χ1v) is 13.7. The lowest BCUT2D eigenvalue weighted by Crippen LogP contribution is -2.15. The molecule has 1 amide bonds. The van der Waals surface area contributed by atoms with Crippen molar-refractivity contribution in [2.75, 3.05) is 30.5 Å². The van der Waals surface area contributed by atoms with Gasteiger partial charge in [0.15, 0.2) is 10.8 Å². The number of esters is 1. The van der Waals surface area contributed by atoms with E-state index in [1.54, 1.807) is 45.0 Å². The molecule has 0 aliphatic rings. The molecule has 0 unspecified atom stereocenters. The molecule has 2 aromatic carbocycles. The maximum atomic E-state index is 12.9. The van der Waals surface area contributed by atoms with E-state index in [4.69, 9.17) is 13.8 Å². The highest BCUT2D eigenvalue weighted by Gasteiger charge is 2.25. The summed E-state index contributed by atoms with van der Waals surface area (Å²) in [4.78, 5) is 29.7. The zero-order valence-electron chi connectivity index (χ0n) is 19.8. The molecule has 11 heteroatoms. The van der Waals surface area contributed by atoms with E-state index in [2.05, 4.69) is 15.6 Å². The number of nitrogens with zero attached hydrogens (tertiary/aromatic N) is 1. The van der Waals surface area contributed by atoms with Crippen molar-refractivity contribution < 1.29 is 27.9 Å². The number of thiazole rings is 1. The van der Waals surface area contributed by atoms with Crippen LogP contribution in [0.4, 0.5) is 15.8 Å². The molecule has 3 aromatic rings. The van der Waals surface area contributed by atoms with Gasteiger partial charge in [-0.2, -0.15) is 0 Å². The van der Waals surface area contributed by atoms with Gasteiger partial charge < -0.3 is 24.4 Å². The van der Waals surface area contributed by atoms with Crippen LogP contribution in [0.3, 0.4) is 0 Å². The van der Waals surface area contributed by atoms with E-state index in [9.17, 15) is 14.2 Å². The predicted octanol–water partition coefficient (Wildman–Crippen LogP) is 6.08. The molecule has 0 aliphatic heterocycles. The summed E-state index contributed by atoms with van der Waals surface area (Å²) < 4.78 is 28.5. The molecule has 0 aliphatic carbocycles. The van der Waals surface area contributed by atoms with Crippen LogP contribution in [0.2, 0.25) is 0 Å². The number of para-hydroxylation sites is 1. The van der Waals surface area contributed by atoms with Crippen molar-refractivity contribution in [3.63, 3.8) is 0 Å². The lowest BCUT2D eigenvalue weighted by molar-refractivity contribution is 0.0521. The van der Waals surface area contributed by atoms with Crippen LogP contribution in [0.5, 0.6) is 0 Å². The third-order valence-corrected chi connectivity index (χ3v) is 7.53. The number of anilines is 3. The SMILES string of the molecule is CCOC(=O)c1nc(Nc2ccccc2)sc1NC(=O)c1ccc(CP(=O)(OCC)OCC)cc1. The van der Waals surface area contributed by atoms with E-state index in [1.165, 1.54) is 0 Å². The number of carbonyl (C=O) groups is 2. The van der Waals surface area contributed by atoms with Crippen molar-refractivity contribution in [1.29, 1.82) is 0 Å². The highest BCUT2D eigenvalue weighted by molar-refractivity contribution is 7.53. The van der Waals surface area contributed by atoms with E-state index in [1.807, 2.05) is 30.3 Å². The monoisotopic (exact) mass is 517 g/mol. The van der Waals surface area contributed by atoms with E-state index >= 15 is 0 Å². The third-order valence-electron chi connectivity index (χ3n) is 4.59. The highest BCUT2D eigenvalue weighted by atomic mass is 32.1. The van der Waals surface area contributed by atoms with Crippen molar-refractivity contribution >= 4 is 46.6 Å². The van der Waals surface area contributed by atoms with Gasteiger partial charge in [-0.05, 0) is 50.6 Å². The molecular weight excluding hydrogens is 489 g/mol. The van der Waals surface area contributed by atoms with Crippen LogP contribution >= 0.6 is 18.9 Å². The molecule has 0 atom stereocenters. The molecular formula is C24H28N3O6PS. The van der Waals surface area contributed by atoms with Crippen LogP contribution in [0, 0.1) is 0 Å². The van der Waals surface area contributed by atoms with Crippen LogP contribution in [0.15, 0.2) is 54.6 Å². The Labute approximate surface area is 208 Å². The second-order valence-electron chi connectivity index (χ2n) is 7.16. The molecule has 2 N–H and O–H groups in total. The maximum absolute atomic E-state index is 12.9. The molecule has 0 saturated heterocycles. The number of amides is 1. The molecule has 35 heavy (non-hydrogen) atoms. The minimum absolute atomic E-state index is 0.0228. The molecule has 0 bridgehead atoms. The average molecular weight is 518 g/mol. The molecule has 0 fully saturated rings. The fourth-order valence-electron chi connectivity index (χ4n) is 3.12. The number of nitrogens with one attached hydrogen (secondary N) is 2. The molecule has 1 aromatic heterocycles. The van der Waals surface area contributed by atoms with Gasteiger partial charge in [-0.3, -0.25) is 9.36 Å². The minimum Gasteiger partial charge on any atom is -0.461 e. The summed E-state index contributed by atoms with van der Waals surface area (Å²) in [6, 6.07) is 16.0. The van der Waals surface area contributed by atoms with Gasteiger partial charge in [0.05, 0.1) is 26.0 Å². The second-order valence-corrected chi connectivity index (χ2v) is 10.2. The van der Waals surface area contributed by atoms with Gasteiger partial charge in [0.1, 0.15) is 5.00 Å². The van der Waals surface area contributed by atoms with Crippen LogP contribution in [0.1, 0.15) is 47.2 Å². The van der Waals surface area contributed by atoms with Crippen molar-refractivity contribution in [3.05, 3.63) is 71.4 Å². The summed E-state index contributed by atoms with van der Waals surface area (Å²) >= 11 is 1.13. The normalized spacial score (nSPS) is 11.2. The van der Waals surface area contributed by atoms with E-state index in [-0.39, 0.29) is 36.7 Å². The summed E-state index contributed by atoms with van der Waals surface area (Å²) in [5, 5.41) is 6.58. The Morgan fingerprint density at radius 3 is 2.20 bits per heavy atom. The van der Waals surface area contributed by atoms with Crippen molar-refractivity contribution in [3.8, 4) is 0 Å². The number of hydrogen-bond donors (Lipinski definition) is 2. The molecule has 0 radical (unpaired) electrons. The Balaban J connectivity index is 1.76. The van der Waals surface area contributed by atoms with Crippen LogP contribution < -0.4 is 10.6 Å². The standard InChI is InChI=1S/C24H28N3O6PS/c1-4-31-23(29)20-22(35-24(26-20)25-19-10-8-7-9-11-19)27-21(28)18-14-12-17(13-15-18)16-34(30,32-5-2)33-6-3/h7-15H,4-6,16H2,1-3H3,(H,25,26)(H,27,28). The van der Waals surface area contributed by atoms with Gasteiger partial charge in [0.25, 0.3) is 5.91 Å². The second kappa shape index (κ2) is 12.6. The van der Waals surface area contributed by atoms with Gasteiger partial charge in [0, 0.05) is 11.3 Å². The number of aromatic nitrogens is 1. The van der Waals surface area contributed by atoms with Crippen molar-refractivity contribution in [1.82, 2.24) is 4.98 Å². The van der Waals surface area contributed by atoms with Crippen LogP contribution in [-0.2, 0) is 24.5 Å². The lowest BCUT2D eigenvalue weighted by Gasteiger charge is -2.17. The van der Waals surface area contributed by atoms with E-state index < -0.39 is 19.5 Å². The lowest BCUT2D eigenvalue weighted by atomic mass is 10.1. The largest absolute Gasteiger partial charge is 0.461 e. The number of hydrogen-bond acceptors (Lipinski definition) is 9. The van der Waals surface area contributed by atoms with E-state index in [0.29, 0.717) is 16.3 Å². The van der Waals surface area contributed by atoms with Gasteiger partial charge >= 0.3 is 13.6 Å². The summed E-state index contributed by atoms with van der Waals surface area (Å²) in [5.41, 5.74) is 1.89. The van der Waals surface area contributed by atoms with Crippen molar-refractivity contribution in [2.24, 2.45) is 0 Å². The zero-order valence-corrected chi connectivity index (χ0v) is 21.5. The summed E-state index contributed by atoms with van der Waals surface area (Å²) in [6.07, 6.45) is 0.104. The topological polar surface area (TPSA) is 116 Å². The first-order chi connectivity index (χ1) is 16.9. The number of carbonyl (C=O) groups excluding carboxylic acids is 2. The van der Waals surface area contributed by atoms with Crippen molar-refractivity contribution in [2.45, 2.75) is 26.9 Å². The fourth-order valence-corrected chi connectivity index (χ4v) is 5.69. The smallest absolute Gasteiger partial charge is 0.360 e. The molecule has 1 heterocycles. The first kappa shape index (κ1) is 26.6. The maximum Gasteiger partial charge on any atom is 0.360 e. The van der Waals surface area contributed by atoms with Gasteiger partial charge in [-0.15, -0.1) is 0 Å². The predicted molar refractivity (Wildman–Crippen MR) is 137 cm³/mol. The Hall–Kier alpha value is -3.04. The van der Waals surface area contributed by atoms with Gasteiger partial charge in [-0.25, -0.2) is 9.78 Å². The van der Waals surface area contributed by atoms with E-state index in [0.717, 1.165) is 17.0 Å². The molecule has 9 nitrogen and oxygen atoms in total. The Morgan fingerprint density at radius 1 is 0.943 bits per heavy atom. The fraction of sp³-hybridized carbons (Fsp3) is 0.292. The van der Waals surface area contributed by atoms with Gasteiger partial charge in [-0.1, -0.05) is 41.7 Å². The molecule has 0 spiro atoms. The summed E-state index contributed by atoms with van der Waals surface area (Å²) in [7, 11) is -3.25. The number of rotatable bonds is 12. The summed E-state index contributed by atoms with van der Waals surface area (Å²) in [5.74, 6) is -1.05. The number of ether oxygens (including phenoxy) is 1. The van der Waals surface area contributed by atoms with Crippen LogP contribution in [0.25, 0.3) is 0 Å². The third kappa shape index (κ3) is 7.47. The molecule has 0 saturated carbocycles. The summed E-state index contributed by atoms with van der Waals surface area (Å²) in [6.45, 7) is 5.93. The molecule has 3 rings (SSSR count). The number of benzene rings is 2. The minimum atomic E-state index is -3.25. The average Bonchev–Trinajstić information content (AvgIpc) is 3.22.